The van der Waals surface area contributed by atoms with Crippen LogP contribution in [0.5, 0.6) is 0 Å². The molecule has 0 N–H and O–H groups in total. The van der Waals surface area contributed by atoms with Gasteiger partial charge >= 0.3 is 5.97 Å². The van der Waals surface area contributed by atoms with Gasteiger partial charge in [0.05, 0.1) is 17.9 Å². The molecule has 1 aromatic rings. The molecular weight excluding hydrogens is 232 g/mol. The summed E-state index contributed by atoms with van der Waals surface area (Å²) < 4.78 is 6.50. The van der Waals surface area contributed by atoms with Crippen LogP contribution in [-0.2, 0) is 11.8 Å². The van der Waals surface area contributed by atoms with Gasteiger partial charge in [-0.3, -0.25) is 4.79 Å². The first-order valence-corrected chi connectivity index (χ1v) is 5.68. The number of rotatable bonds is 5. The zero-order valence-electron chi connectivity index (χ0n) is 11.1. The Bertz CT molecular complexity index is 473. The van der Waals surface area contributed by atoms with Crippen molar-refractivity contribution in [2.45, 2.75) is 6.92 Å². The average Bonchev–Trinajstić information content (AvgIpc) is 2.68. The predicted molar refractivity (Wildman–Crippen MR) is 68.5 cm³/mol. The third kappa shape index (κ3) is 3.48. The van der Waals surface area contributed by atoms with Crippen LogP contribution in [0.1, 0.15) is 27.8 Å². The summed E-state index contributed by atoms with van der Waals surface area (Å²) in [5, 5.41) is 0. The number of carbonyl (C=O) groups excluding carboxylic acids is 2. The molecule has 0 aliphatic carbocycles. The van der Waals surface area contributed by atoms with Gasteiger partial charge in [0, 0.05) is 39.6 Å². The molecule has 1 heterocycles. The molecule has 0 saturated heterocycles. The van der Waals surface area contributed by atoms with Gasteiger partial charge in [0.15, 0.2) is 0 Å². The quantitative estimate of drug-likeness (QED) is 0.451. The molecule has 1 aromatic heterocycles. The van der Waals surface area contributed by atoms with Gasteiger partial charge in [0.2, 0.25) is 5.78 Å². The minimum absolute atomic E-state index is 0.151. The van der Waals surface area contributed by atoms with Gasteiger partial charge in [-0.25, -0.2) is 4.79 Å². The van der Waals surface area contributed by atoms with Crippen molar-refractivity contribution in [2.75, 3.05) is 20.7 Å². The first-order valence-electron chi connectivity index (χ1n) is 5.68. The predicted octanol–water partition coefficient (Wildman–Crippen LogP) is 1.46. The summed E-state index contributed by atoms with van der Waals surface area (Å²) in [5.74, 6) is -0.564. The normalized spacial score (nSPS) is 10.7. The number of nitrogens with zero attached hydrogens (tertiary/aromatic N) is 2. The number of hydrogen-bond donors (Lipinski definition) is 0. The van der Waals surface area contributed by atoms with Gasteiger partial charge < -0.3 is 14.2 Å². The molecule has 0 amide bonds. The van der Waals surface area contributed by atoms with Crippen LogP contribution >= 0.6 is 0 Å². The molecule has 0 fully saturated rings. The van der Waals surface area contributed by atoms with Gasteiger partial charge in [0.1, 0.15) is 0 Å². The van der Waals surface area contributed by atoms with Crippen molar-refractivity contribution in [3.63, 3.8) is 0 Å². The third-order valence-corrected chi connectivity index (χ3v) is 2.29. The number of allylic oxidation sites excluding steroid dienone is 1. The van der Waals surface area contributed by atoms with E-state index in [9.17, 15) is 9.59 Å². The molecule has 0 aromatic carbocycles. The molecule has 0 aliphatic rings. The molecule has 0 aliphatic heterocycles. The Hall–Kier alpha value is -2.04. The number of ether oxygens (including phenoxy) is 1. The third-order valence-electron chi connectivity index (χ3n) is 2.29. The maximum absolute atomic E-state index is 11.9. The van der Waals surface area contributed by atoms with E-state index in [4.69, 9.17) is 4.74 Å². The Morgan fingerprint density at radius 3 is 2.67 bits per heavy atom. The van der Waals surface area contributed by atoms with E-state index >= 15 is 0 Å². The molecule has 0 atom stereocenters. The van der Waals surface area contributed by atoms with Gasteiger partial charge in [-0.2, -0.15) is 0 Å². The van der Waals surface area contributed by atoms with Gasteiger partial charge in [-0.05, 0) is 13.0 Å². The summed E-state index contributed by atoms with van der Waals surface area (Å²) in [6.45, 7) is 2.06. The lowest BCUT2D eigenvalue weighted by molar-refractivity contribution is 0.0526. The summed E-state index contributed by atoms with van der Waals surface area (Å²) in [5.41, 5.74) is 0.845. The fraction of sp³-hybridized carbons (Fsp3) is 0.385. The number of ketones is 1. The van der Waals surface area contributed by atoms with Crippen molar-refractivity contribution >= 4 is 11.8 Å². The number of hydrogen-bond acceptors (Lipinski definition) is 4. The lowest BCUT2D eigenvalue weighted by atomic mass is 10.2. The van der Waals surface area contributed by atoms with E-state index in [1.54, 1.807) is 41.9 Å². The minimum Gasteiger partial charge on any atom is -0.462 e. The van der Waals surface area contributed by atoms with E-state index in [2.05, 4.69) is 0 Å². The van der Waals surface area contributed by atoms with E-state index in [0.717, 1.165) is 0 Å². The highest BCUT2D eigenvalue weighted by Gasteiger charge is 2.14. The fourth-order valence-corrected chi connectivity index (χ4v) is 1.44. The summed E-state index contributed by atoms with van der Waals surface area (Å²) >= 11 is 0. The van der Waals surface area contributed by atoms with E-state index in [0.29, 0.717) is 17.9 Å². The molecule has 0 bridgehead atoms. The second kappa shape index (κ2) is 6.05. The van der Waals surface area contributed by atoms with E-state index < -0.39 is 5.97 Å². The Kier molecular flexibility index (Phi) is 4.71. The minimum atomic E-state index is -0.413. The molecule has 98 valence electrons. The maximum atomic E-state index is 11.9. The highest BCUT2D eigenvalue weighted by atomic mass is 16.5. The van der Waals surface area contributed by atoms with Crippen molar-refractivity contribution in [3.05, 3.63) is 35.8 Å². The molecule has 0 radical (unpaired) electrons. The highest BCUT2D eigenvalue weighted by molar-refractivity contribution is 6.05. The number of aromatic nitrogens is 1. The SMILES string of the molecule is CCOC(=O)c1cc(C(=O)/C=C/N(C)C)n(C)c1. The Morgan fingerprint density at radius 2 is 2.11 bits per heavy atom. The topological polar surface area (TPSA) is 51.5 Å². The summed E-state index contributed by atoms with van der Waals surface area (Å²) in [7, 11) is 5.39. The largest absolute Gasteiger partial charge is 0.462 e. The molecule has 5 nitrogen and oxygen atoms in total. The van der Waals surface area contributed by atoms with Gasteiger partial charge in [-0.1, -0.05) is 0 Å². The van der Waals surface area contributed by atoms with Crippen molar-refractivity contribution in [1.29, 1.82) is 0 Å². The first-order chi connectivity index (χ1) is 8.45. The van der Waals surface area contributed by atoms with Crippen LogP contribution in [0.2, 0.25) is 0 Å². The van der Waals surface area contributed by atoms with Crippen molar-refractivity contribution < 1.29 is 14.3 Å². The standard InChI is InChI=1S/C13H18N2O3/c1-5-18-13(17)10-8-11(15(4)9-10)12(16)6-7-14(2)3/h6-9H,5H2,1-4H3/b7-6+. The molecule has 1 rings (SSSR count). The lowest BCUT2D eigenvalue weighted by Gasteiger charge is -2.03. The zero-order chi connectivity index (χ0) is 13.7. The number of aryl methyl sites for hydroxylation is 1. The highest BCUT2D eigenvalue weighted by Crippen LogP contribution is 2.10. The molecular formula is C13H18N2O3. The second-order valence-corrected chi connectivity index (χ2v) is 4.09. The van der Waals surface area contributed by atoms with Crippen LogP contribution in [0.15, 0.2) is 24.5 Å². The van der Waals surface area contributed by atoms with Gasteiger partial charge in [-0.15, -0.1) is 0 Å². The Morgan fingerprint density at radius 1 is 1.44 bits per heavy atom. The zero-order valence-corrected chi connectivity index (χ0v) is 11.1. The monoisotopic (exact) mass is 250 g/mol. The molecule has 5 heteroatoms. The average molecular weight is 250 g/mol. The smallest absolute Gasteiger partial charge is 0.339 e. The van der Waals surface area contributed by atoms with Crippen LogP contribution in [-0.4, -0.2) is 41.9 Å². The summed E-state index contributed by atoms with van der Waals surface area (Å²) in [6, 6.07) is 1.54. The first kappa shape index (κ1) is 14.0. The fourth-order valence-electron chi connectivity index (χ4n) is 1.44. The molecule has 18 heavy (non-hydrogen) atoms. The van der Waals surface area contributed by atoms with Crippen LogP contribution < -0.4 is 0 Å². The Balaban J connectivity index is 2.91. The van der Waals surface area contributed by atoms with E-state index in [1.165, 1.54) is 6.08 Å². The second-order valence-electron chi connectivity index (χ2n) is 4.09. The maximum Gasteiger partial charge on any atom is 0.339 e. The van der Waals surface area contributed by atoms with Crippen molar-refractivity contribution in [2.24, 2.45) is 7.05 Å². The van der Waals surface area contributed by atoms with Crippen molar-refractivity contribution in [1.82, 2.24) is 9.47 Å². The van der Waals surface area contributed by atoms with Crippen LogP contribution in [0.25, 0.3) is 0 Å². The molecule has 0 spiro atoms. The van der Waals surface area contributed by atoms with Crippen LogP contribution in [0, 0.1) is 0 Å². The van der Waals surface area contributed by atoms with Crippen LogP contribution in [0.3, 0.4) is 0 Å². The number of carbonyl (C=O) groups is 2. The number of esters is 1. The van der Waals surface area contributed by atoms with Crippen molar-refractivity contribution in [3.8, 4) is 0 Å². The van der Waals surface area contributed by atoms with E-state index in [-0.39, 0.29) is 5.78 Å². The van der Waals surface area contributed by atoms with Gasteiger partial charge in [0.25, 0.3) is 0 Å². The lowest BCUT2D eigenvalue weighted by Crippen LogP contribution is -2.05. The molecule has 0 saturated carbocycles. The summed E-state index contributed by atoms with van der Waals surface area (Å²) in [4.78, 5) is 25.2. The van der Waals surface area contributed by atoms with E-state index in [1.807, 2.05) is 14.1 Å². The summed E-state index contributed by atoms with van der Waals surface area (Å²) in [6.07, 6.45) is 4.72. The van der Waals surface area contributed by atoms with Crippen LogP contribution in [0.4, 0.5) is 0 Å². The Labute approximate surface area is 107 Å². The molecule has 0 unspecified atom stereocenters.